The number of halogens is 4. The molecule has 0 radical (unpaired) electrons. The summed E-state index contributed by atoms with van der Waals surface area (Å²) in [6, 6.07) is 13.8. The van der Waals surface area contributed by atoms with Crippen molar-refractivity contribution in [3.05, 3.63) is 70.8 Å². The van der Waals surface area contributed by atoms with E-state index in [1.807, 2.05) is 30.3 Å². The molecule has 0 unspecified atom stereocenters. The van der Waals surface area contributed by atoms with Crippen molar-refractivity contribution in [2.45, 2.75) is 50.6 Å². The molecule has 4 nitrogen and oxygen atoms in total. The average Bonchev–Trinajstić information content (AvgIpc) is 2.78. The summed E-state index contributed by atoms with van der Waals surface area (Å²) in [5, 5.41) is 6.41. The van der Waals surface area contributed by atoms with Gasteiger partial charge in [-0.1, -0.05) is 42.0 Å². The van der Waals surface area contributed by atoms with Crippen LogP contribution in [0.4, 0.5) is 13.2 Å². The Morgan fingerprint density at radius 3 is 2.59 bits per heavy atom. The van der Waals surface area contributed by atoms with Crippen LogP contribution in [-0.4, -0.2) is 31.0 Å². The summed E-state index contributed by atoms with van der Waals surface area (Å²) in [7, 11) is 0. The minimum Gasteiger partial charge on any atom is -0.372 e. The zero-order valence-electron chi connectivity index (χ0n) is 18.1. The first kappa shape index (κ1) is 24.6. The summed E-state index contributed by atoms with van der Waals surface area (Å²) in [5.41, 5.74) is 0.887. The molecule has 3 rings (SSSR count). The first-order valence-electron chi connectivity index (χ1n) is 10.6. The third kappa shape index (κ3) is 6.03. The lowest BCUT2D eigenvalue weighted by Gasteiger charge is -2.42. The van der Waals surface area contributed by atoms with Gasteiger partial charge in [-0.05, 0) is 49.9 Å². The number of amides is 1. The second-order valence-electron chi connectivity index (χ2n) is 8.35. The highest BCUT2D eigenvalue weighted by Crippen LogP contribution is 2.35. The quantitative estimate of drug-likeness (QED) is 0.556. The number of carbonyl (C=O) groups is 1. The first-order valence-corrected chi connectivity index (χ1v) is 11.1. The van der Waals surface area contributed by atoms with E-state index in [2.05, 4.69) is 10.6 Å². The molecule has 1 aliphatic heterocycles. The number of hydrogen-bond donors (Lipinski definition) is 2. The Balaban J connectivity index is 1.76. The monoisotopic (exact) mass is 468 g/mol. The highest BCUT2D eigenvalue weighted by Gasteiger charge is 2.38. The van der Waals surface area contributed by atoms with Crippen molar-refractivity contribution in [1.82, 2.24) is 10.6 Å². The zero-order chi connectivity index (χ0) is 23.4. The van der Waals surface area contributed by atoms with Crippen LogP contribution in [0.15, 0.2) is 48.5 Å². The number of piperidine rings is 1. The summed E-state index contributed by atoms with van der Waals surface area (Å²) in [4.78, 5) is 11.6. The fourth-order valence-corrected chi connectivity index (χ4v) is 4.18. The number of alkyl halides is 4. The van der Waals surface area contributed by atoms with E-state index in [9.17, 15) is 18.0 Å². The number of carbonyl (C=O) groups excluding carboxylic acids is 1. The zero-order valence-corrected chi connectivity index (χ0v) is 18.9. The summed E-state index contributed by atoms with van der Waals surface area (Å²) in [6.45, 7) is 4.23. The Kier molecular flexibility index (Phi) is 7.85. The molecule has 0 aliphatic carbocycles. The third-order valence-corrected chi connectivity index (χ3v) is 6.14. The average molecular weight is 469 g/mol. The van der Waals surface area contributed by atoms with Gasteiger partial charge in [-0.15, -0.1) is 11.6 Å². The molecule has 1 saturated heterocycles. The largest absolute Gasteiger partial charge is 0.416 e. The molecule has 1 aliphatic rings. The maximum Gasteiger partial charge on any atom is 0.416 e. The lowest BCUT2D eigenvalue weighted by atomic mass is 9.81. The van der Waals surface area contributed by atoms with Gasteiger partial charge in [0.05, 0.1) is 23.8 Å². The fourth-order valence-electron chi connectivity index (χ4n) is 4.10. The Bertz CT molecular complexity index is 913. The van der Waals surface area contributed by atoms with E-state index in [4.69, 9.17) is 16.3 Å². The Hall–Kier alpha value is -2.09. The van der Waals surface area contributed by atoms with Gasteiger partial charge >= 0.3 is 6.18 Å². The van der Waals surface area contributed by atoms with Gasteiger partial charge in [0, 0.05) is 12.6 Å². The lowest BCUT2D eigenvalue weighted by molar-refractivity contribution is -0.137. The van der Waals surface area contributed by atoms with Crippen molar-refractivity contribution < 1.29 is 22.7 Å². The van der Waals surface area contributed by atoms with Gasteiger partial charge < -0.3 is 15.4 Å². The SMILES string of the molecule is Cc1cc([C@@H](C)OC[C@@]2(c3ccccc3)CC[C@H](NC(=O)CCl)CN2)cc(C(F)(F)F)c1. The summed E-state index contributed by atoms with van der Waals surface area (Å²) in [6.07, 6.45) is -3.50. The normalized spacial score (nSPS) is 22.4. The second-order valence-corrected chi connectivity index (χ2v) is 8.62. The molecular formula is C24H28ClF3N2O2. The van der Waals surface area contributed by atoms with E-state index in [-0.39, 0.29) is 24.4 Å². The molecular weight excluding hydrogens is 441 g/mol. The van der Waals surface area contributed by atoms with Crippen LogP contribution >= 0.6 is 11.6 Å². The van der Waals surface area contributed by atoms with Crippen LogP contribution < -0.4 is 10.6 Å². The molecule has 1 heterocycles. The van der Waals surface area contributed by atoms with Crippen LogP contribution in [-0.2, 0) is 21.2 Å². The number of aryl methyl sites for hydroxylation is 1. The maximum atomic E-state index is 13.2. The molecule has 2 aromatic rings. The van der Waals surface area contributed by atoms with E-state index in [1.54, 1.807) is 19.9 Å². The van der Waals surface area contributed by atoms with Gasteiger partial charge in [0.25, 0.3) is 0 Å². The van der Waals surface area contributed by atoms with Gasteiger partial charge in [0.1, 0.15) is 5.88 Å². The minimum atomic E-state index is -4.40. The number of rotatable bonds is 7. The lowest BCUT2D eigenvalue weighted by Crippen LogP contribution is -2.57. The van der Waals surface area contributed by atoms with Crippen LogP contribution in [0.2, 0.25) is 0 Å². The van der Waals surface area contributed by atoms with Gasteiger partial charge in [0.15, 0.2) is 0 Å². The number of benzene rings is 2. The molecule has 174 valence electrons. The Morgan fingerprint density at radius 2 is 2.00 bits per heavy atom. The van der Waals surface area contributed by atoms with E-state index in [1.165, 1.54) is 0 Å². The highest BCUT2D eigenvalue weighted by molar-refractivity contribution is 6.27. The summed E-state index contributed by atoms with van der Waals surface area (Å²) < 4.78 is 45.8. The van der Waals surface area contributed by atoms with Crippen molar-refractivity contribution in [2.24, 2.45) is 0 Å². The smallest absolute Gasteiger partial charge is 0.372 e. The van der Waals surface area contributed by atoms with Gasteiger partial charge in [0.2, 0.25) is 5.91 Å². The Labute approximate surface area is 191 Å². The molecule has 0 aromatic heterocycles. The van der Waals surface area contributed by atoms with Gasteiger partial charge in [-0.25, -0.2) is 0 Å². The molecule has 1 amide bonds. The van der Waals surface area contributed by atoms with Crippen LogP contribution in [0.3, 0.4) is 0 Å². The number of nitrogens with one attached hydrogen (secondary N) is 2. The number of ether oxygens (including phenoxy) is 1. The van der Waals surface area contributed by atoms with Crippen LogP contribution in [0.25, 0.3) is 0 Å². The van der Waals surface area contributed by atoms with Crippen molar-refractivity contribution >= 4 is 17.5 Å². The van der Waals surface area contributed by atoms with E-state index >= 15 is 0 Å². The minimum absolute atomic E-state index is 0.0402. The van der Waals surface area contributed by atoms with Crippen LogP contribution in [0.1, 0.15) is 48.1 Å². The van der Waals surface area contributed by atoms with E-state index in [0.717, 1.165) is 24.1 Å². The number of hydrogen-bond acceptors (Lipinski definition) is 3. The molecule has 3 atom stereocenters. The van der Waals surface area contributed by atoms with Gasteiger partial charge in [-0.3, -0.25) is 4.79 Å². The van der Waals surface area contributed by atoms with E-state index in [0.29, 0.717) is 24.1 Å². The summed E-state index contributed by atoms with van der Waals surface area (Å²) in [5.74, 6) is -0.298. The molecule has 32 heavy (non-hydrogen) atoms. The molecule has 8 heteroatoms. The molecule has 0 saturated carbocycles. The Morgan fingerprint density at radius 1 is 1.28 bits per heavy atom. The topological polar surface area (TPSA) is 50.4 Å². The maximum absolute atomic E-state index is 13.2. The molecule has 2 aromatic carbocycles. The van der Waals surface area contributed by atoms with Crippen LogP contribution in [0.5, 0.6) is 0 Å². The second kappa shape index (κ2) is 10.2. The molecule has 2 N–H and O–H groups in total. The third-order valence-electron chi connectivity index (χ3n) is 5.90. The standard InChI is InChI=1S/C24H28ClF3N2O2/c1-16-10-18(12-20(11-16)24(26,27)28)17(2)32-15-23(19-6-4-3-5-7-19)9-8-21(14-29-23)30-22(31)13-25/h3-7,10-12,17,21,29H,8-9,13-15H2,1-2H3,(H,30,31)/t17-,21+,23-/m1/s1. The highest BCUT2D eigenvalue weighted by atomic mass is 35.5. The fraction of sp³-hybridized carbons (Fsp3) is 0.458. The molecule has 1 fully saturated rings. The van der Waals surface area contributed by atoms with Crippen molar-refractivity contribution in [3.8, 4) is 0 Å². The van der Waals surface area contributed by atoms with Crippen molar-refractivity contribution in [2.75, 3.05) is 19.0 Å². The molecule has 0 bridgehead atoms. The predicted octanol–water partition coefficient (Wildman–Crippen LogP) is 5.09. The van der Waals surface area contributed by atoms with Crippen molar-refractivity contribution in [3.63, 3.8) is 0 Å². The molecule has 0 spiro atoms. The van der Waals surface area contributed by atoms with Crippen molar-refractivity contribution in [1.29, 1.82) is 0 Å². The van der Waals surface area contributed by atoms with Crippen LogP contribution in [0, 0.1) is 6.92 Å². The summed E-state index contributed by atoms with van der Waals surface area (Å²) >= 11 is 5.59. The predicted molar refractivity (Wildman–Crippen MR) is 119 cm³/mol. The first-order chi connectivity index (χ1) is 15.1. The van der Waals surface area contributed by atoms with E-state index < -0.39 is 23.4 Å². The van der Waals surface area contributed by atoms with Gasteiger partial charge in [-0.2, -0.15) is 13.2 Å².